The lowest BCUT2D eigenvalue weighted by Crippen LogP contribution is -2.44. The van der Waals surface area contributed by atoms with Crippen LogP contribution in [0.2, 0.25) is 0 Å². The number of hydrogen-bond donors (Lipinski definition) is 2. The molecule has 0 unspecified atom stereocenters. The van der Waals surface area contributed by atoms with Crippen LogP contribution >= 0.6 is 11.8 Å². The summed E-state index contributed by atoms with van der Waals surface area (Å²) in [5, 5.41) is 17.9. The quantitative estimate of drug-likeness (QED) is 0.510. The highest BCUT2D eigenvalue weighted by Gasteiger charge is 2.52. The van der Waals surface area contributed by atoms with E-state index in [-0.39, 0.29) is 30.8 Å². The van der Waals surface area contributed by atoms with Crippen LogP contribution in [0.4, 0.5) is 10.5 Å². The lowest BCUT2D eigenvalue weighted by atomic mass is 9.98. The fourth-order valence-electron chi connectivity index (χ4n) is 4.00. The van der Waals surface area contributed by atoms with E-state index in [9.17, 15) is 14.4 Å². The zero-order chi connectivity index (χ0) is 21.1. The number of hydrogen-bond acceptors (Lipinski definition) is 7. The molecule has 1 aliphatic heterocycles. The number of carbonyl (C=O) groups is 3. The topological polar surface area (TPSA) is 122 Å². The molecule has 1 aliphatic carbocycles. The van der Waals surface area contributed by atoms with Gasteiger partial charge in [-0.2, -0.15) is 4.68 Å². The van der Waals surface area contributed by atoms with Crippen molar-refractivity contribution in [1.82, 2.24) is 30.4 Å². The number of nitrogens with one attached hydrogen (secondary N) is 2. The Morgan fingerprint density at radius 2 is 2.10 bits per heavy atom. The summed E-state index contributed by atoms with van der Waals surface area (Å²) in [5.41, 5.74) is 0.661. The van der Waals surface area contributed by atoms with E-state index in [1.165, 1.54) is 16.7 Å². The lowest BCUT2D eigenvalue weighted by Gasteiger charge is -2.19. The smallest absolute Gasteiger partial charge is 0.325 e. The summed E-state index contributed by atoms with van der Waals surface area (Å²) in [7, 11) is 0. The fourth-order valence-corrected chi connectivity index (χ4v) is 4.43. The number of imide groups is 1. The highest BCUT2D eigenvalue weighted by molar-refractivity contribution is 7.98. The Labute approximate surface area is 177 Å². The second-order valence-corrected chi connectivity index (χ2v) is 8.23. The Balaban J connectivity index is 1.31. The molecule has 1 aromatic carbocycles. The summed E-state index contributed by atoms with van der Waals surface area (Å²) in [5.74, 6) is -0.333. The number of nitrogens with zero attached hydrogens (tertiary/aromatic N) is 5. The lowest BCUT2D eigenvalue weighted by molar-refractivity contribution is -0.131. The van der Waals surface area contributed by atoms with Crippen molar-refractivity contribution in [3.05, 3.63) is 24.3 Å². The molecule has 1 saturated heterocycles. The summed E-state index contributed by atoms with van der Waals surface area (Å²) < 4.78 is 1.59. The van der Waals surface area contributed by atoms with Crippen LogP contribution < -0.4 is 10.6 Å². The van der Waals surface area contributed by atoms with Crippen molar-refractivity contribution in [2.24, 2.45) is 0 Å². The molecule has 0 atom stereocenters. The Bertz CT molecular complexity index is 971. The van der Waals surface area contributed by atoms with Crippen molar-refractivity contribution in [3.8, 4) is 5.69 Å². The molecule has 30 heavy (non-hydrogen) atoms. The molecular formula is C19H23N7O3S. The number of rotatable bonds is 7. The van der Waals surface area contributed by atoms with Gasteiger partial charge in [0.15, 0.2) is 0 Å². The molecule has 2 aliphatic rings. The van der Waals surface area contributed by atoms with Crippen LogP contribution in [0.5, 0.6) is 0 Å². The second-order valence-electron chi connectivity index (χ2n) is 7.46. The molecular weight excluding hydrogens is 406 g/mol. The van der Waals surface area contributed by atoms with Gasteiger partial charge >= 0.3 is 6.03 Å². The van der Waals surface area contributed by atoms with Crippen LogP contribution in [-0.4, -0.2) is 61.3 Å². The zero-order valence-corrected chi connectivity index (χ0v) is 17.4. The normalized spacial score (nSPS) is 17.6. The molecule has 2 fully saturated rings. The number of urea groups is 1. The summed E-state index contributed by atoms with van der Waals surface area (Å²) in [4.78, 5) is 38.4. The van der Waals surface area contributed by atoms with Crippen molar-refractivity contribution in [2.45, 2.75) is 49.2 Å². The Morgan fingerprint density at radius 3 is 2.87 bits per heavy atom. The van der Waals surface area contributed by atoms with Gasteiger partial charge in [0.25, 0.3) is 5.91 Å². The average Bonchev–Trinajstić information content (AvgIpc) is 3.45. The molecule has 1 saturated carbocycles. The van der Waals surface area contributed by atoms with Gasteiger partial charge in [-0.25, -0.2) is 4.79 Å². The Kier molecular flexibility index (Phi) is 5.71. The Morgan fingerprint density at radius 1 is 1.30 bits per heavy atom. The number of anilines is 1. The van der Waals surface area contributed by atoms with E-state index < -0.39 is 5.54 Å². The van der Waals surface area contributed by atoms with Gasteiger partial charge in [-0.05, 0) is 54.1 Å². The molecule has 4 rings (SSSR count). The third-order valence-corrected chi connectivity index (χ3v) is 6.11. The first kappa shape index (κ1) is 20.3. The van der Waals surface area contributed by atoms with Gasteiger partial charge < -0.3 is 10.6 Å². The third-order valence-electron chi connectivity index (χ3n) is 5.49. The number of carbonyl (C=O) groups excluding carboxylic acids is 3. The third kappa shape index (κ3) is 3.89. The largest absolute Gasteiger partial charge is 0.326 e. The maximum atomic E-state index is 12.6. The van der Waals surface area contributed by atoms with E-state index in [0.717, 1.165) is 18.5 Å². The molecule has 1 aromatic heterocycles. The van der Waals surface area contributed by atoms with Crippen molar-refractivity contribution in [1.29, 1.82) is 0 Å². The van der Waals surface area contributed by atoms with Crippen molar-refractivity contribution < 1.29 is 14.4 Å². The van der Waals surface area contributed by atoms with E-state index >= 15 is 0 Å². The fraction of sp³-hybridized carbons (Fsp3) is 0.474. The van der Waals surface area contributed by atoms with Gasteiger partial charge in [-0.15, -0.1) is 5.10 Å². The molecule has 2 N–H and O–H groups in total. The van der Waals surface area contributed by atoms with Gasteiger partial charge in [0.2, 0.25) is 11.1 Å². The van der Waals surface area contributed by atoms with Crippen LogP contribution in [0.3, 0.4) is 0 Å². The SMILES string of the molecule is CSc1nnnn1-c1cccc(NC(=O)CCCN2C(=O)NC3(CCCC3)C2=O)c1. The predicted molar refractivity (Wildman–Crippen MR) is 110 cm³/mol. The number of amides is 4. The van der Waals surface area contributed by atoms with Crippen LogP contribution in [0.1, 0.15) is 38.5 Å². The van der Waals surface area contributed by atoms with Gasteiger partial charge in [-0.1, -0.05) is 30.7 Å². The summed E-state index contributed by atoms with van der Waals surface area (Å²) >= 11 is 1.42. The van der Waals surface area contributed by atoms with E-state index in [2.05, 4.69) is 26.2 Å². The second kappa shape index (κ2) is 8.42. The molecule has 1 spiro atoms. The predicted octanol–water partition coefficient (Wildman–Crippen LogP) is 1.97. The summed E-state index contributed by atoms with van der Waals surface area (Å²) in [6.45, 7) is 0.238. The monoisotopic (exact) mass is 429 g/mol. The van der Waals surface area contributed by atoms with Crippen LogP contribution in [0.15, 0.2) is 29.4 Å². The minimum atomic E-state index is -0.703. The van der Waals surface area contributed by atoms with Gasteiger partial charge in [0, 0.05) is 18.7 Å². The van der Waals surface area contributed by atoms with Crippen molar-refractivity contribution in [2.75, 3.05) is 18.1 Å². The maximum absolute atomic E-state index is 12.6. The average molecular weight is 430 g/mol. The molecule has 4 amide bonds. The van der Waals surface area contributed by atoms with Crippen molar-refractivity contribution in [3.63, 3.8) is 0 Å². The minimum absolute atomic E-state index is 0.149. The number of aromatic nitrogens is 4. The zero-order valence-electron chi connectivity index (χ0n) is 16.6. The molecule has 0 bridgehead atoms. The first-order valence-electron chi connectivity index (χ1n) is 9.89. The maximum Gasteiger partial charge on any atom is 0.325 e. The number of thioether (sulfide) groups is 1. The summed E-state index contributed by atoms with van der Waals surface area (Å²) in [6, 6.07) is 6.88. The first-order chi connectivity index (χ1) is 14.5. The minimum Gasteiger partial charge on any atom is -0.326 e. The van der Waals surface area contributed by atoms with E-state index in [0.29, 0.717) is 30.1 Å². The van der Waals surface area contributed by atoms with E-state index in [1.807, 2.05) is 18.4 Å². The molecule has 10 nitrogen and oxygen atoms in total. The molecule has 0 radical (unpaired) electrons. The molecule has 2 aromatic rings. The van der Waals surface area contributed by atoms with E-state index in [1.54, 1.807) is 16.8 Å². The van der Waals surface area contributed by atoms with Crippen LogP contribution in [-0.2, 0) is 9.59 Å². The van der Waals surface area contributed by atoms with E-state index in [4.69, 9.17) is 0 Å². The molecule has 11 heteroatoms. The Hall–Kier alpha value is -2.95. The first-order valence-corrected chi connectivity index (χ1v) is 11.1. The van der Waals surface area contributed by atoms with Crippen LogP contribution in [0.25, 0.3) is 5.69 Å². The van der Waals surface area contributed by atoms with Crippen LogP contribution in [0, 0.1) is 0 Å². The highest BCUT2D eigenvalue weighted by Crippen LogP contribution is 2.35. The van der Waals surface area contributed by atoms with Crippen molar-refractivity contribution >= 4 is 35.3 Å². The highest BCUT2D eigenvalue weighted by atomic mass is 32.2. The van der Waals surface area contributed by atoms with Gasteiger partial charge in [0.05, 0.1) is 5.69 Å². The number of benzene rings is 1. The van der Waals surface area contributed by atoms with Gasteiger partial charge in [0.1, 0.15) is 5.54 Å². The molecule has 158 valence electrons. The van der Waals surface area contributed by atoms with Gasteiger partial charge in [-0.3, -0.25) is 14.5 Å². The number of tetrazole rings is 1. The standard InChI is InChI=1S/C19H23N7O3S/c1-30-18-22-23-24-26(18)14-7-4-6-13(12-14)20-15(27)8-5-11-25-16(28)19(21-17(25)29)9-2-3-10-19/h4,6-7,12H,2-3,5,8-11H2,1H3,(H,20,27)(H,21,29). The molecule has 2 heterocycles. The summed E-state index contributed by atoms with van der Waals surface area (Å²) in [6.07, 6.45) is 5.79.